The number of benzene rings is 2. The number of nitro benzene ring substituents is 1. The zero-order valence-electron chi connectivity index (χ0n) is 15.7. The molecule has 0 atom stereocenters. The molecule has 1 heterocycles. The second-order valence-electron chi connectivity index (χ2n) is 6.23. The molecular weight excluding hydrogens is 414 g/mol. The summed E-state index contributed by atoms with van der Waals surface area (Å²) in [7, 11) is -4.19. The van der Waals surface area contributed by atoms with Crippen molar-refractivity contribution in [2.75, 3.05) is 0 Å². The second kappa shape index (κ2) is 8.39. The second-order valence-corrected chi connectivity index (χ2v) is 7.92. The van der Waals surface area contributed by atoms with E-state index in [9.17, 15) is 28.1 Å². The fraction of sp³-hybridized carbons (Fsp3) is 0.167. The molecule has 0 aliphatic rings. The molecule has 30 heavy (non-hydrogen) atoms. The van der Waals surface area contributed by atoms with Crippen LogP contribution in [-0.4, -0.2) is 29.0 Å². The van der Waals surface area contributed by atoms with E-state index in [4.69, 9.17) is 0 Å². The summed E-state index contributed by atoms with van der Waals surface area (Å²) in [5.41, 5.74) is 1.32. The summed E-state index contributed by atoms with van der Waals surface area (Å²) in [6.45, 7) is 2.14. The van der Waals surface area contributed by atoms with Crippen molar-refractivity contribution in [2.45, 2.75) is 24.8 Å². The first-order valence-corrected chi connectivity index (χ1v) is 10.3. The lowest BCUT2D eigenvalue weighted by atomic mass is 10.1. The van der Waals surface area contributed by atoms with Crippen LogP contribution < -0.4 is 15.8 Å². The number of amides is 1. The highest BCUT2D eigenvalue weighted by Gasteiger charge is 2.20. The number of nitro groups is 1. The van der Waals surface area contributed by atoms with E-state index in [0.29, 0.717) is 13.0 Å². The van der Waals surface area contributed by atoms with E-state index in [2.05, 4.69) is 10.5 Å². The van der Waals surface area contributed by atoms with Gasteiger partial charge in [-0.15, -0.1) is 4.83 Å². The molecule has 11 nitrogen and oxygen atoms in total. The number of hydrogen-bond donors (Lipinski definition) is 2. The first kappa shape index (κ1) is 21.1. The Hall–Kier alpha value is -3.64. The Kier molecular flexibility index (Phi) is 5.89. The molecule has 2 aromatic carbocycles. The third-order valence-electron chi connectivity index (χ3n) is 4.17. The minimum atomic E-state index is -4.19. The normalized spacial score (nSPS) is 11.4. The van der Waals surface area contributed by atoms with E-state index < -0.39 is 20.9 Å². The van der Waals surface area contributed by atoms with Gasteiger partial charge in [-0.25, -0.2) is 13.1 Å². The van der Waals surface area contributed by atoms with Crippen molar-refractivity contribution in [1.82, 2.24) is 20.0 Å². The van der Waals surface area contributed by atoms with Gasteiger partial charge in [-0.05, 0) is 24.6 Å². The number of non-ortho nitro benzene ring substituents is 1. The smallest absolute Gasteiger partial charge is 0.272 e. The Balaban J connectivity index is 1.89. The van der Waals surface area contributed by atoms with Crippen LogP contribution >= 0.6 is 0 Å². The topological polar surface area (TPSA) is 153 Å². The molecule has 12 heteroatoms. The molecule has 0 saturated carbocycles. The van der Waals surface area contributed by atoms with Crippen molar-refractivity contribution in [3.05, 3.63) is 74.7 Å². The third kappa shape index (κ3) is 4.18. The minimum Gasteiger partial charge on any atom is -0.272 e. The van der Waals surface area contributed by atoms with Gasteiger partial charge in [0.1, 0.15) is 0 Å². The molecule has 3 aromatic rings. The SMILES string of the molecule is CCCn1nc(C(=O)NNS(=O)(=O)c2ccc([N+](=O)[O-])cc2)c2ccccc2c1=O. The molecule has 0 aliphatic carbocycles. The van der Waals surface area contributed by atoms with Crippen LogP contribution in [0.2, 0.25) is 0 Å². The number of fused-ring (bicyclic) bond motifs is 1. The highest BCUT2D eigenvalue weighted by molar-refractivity contribution is 7.89. The van der Waals surface area contributed by atoms with Crippen molar-refractivity contribution in [3.63, 3.8) is 0 Å². The molecule has 3 rings (SSSR count). The van der Waals surface area contributed by atoms with Crippen molar-refractivity contribution in [2.24, 2.45) is 0 Å². The van der Waals surface area contributed by atoms with Gasteiger partial charge in [-0.3, -0.25) is 25.1 Å². The van der Waals surface area contributed by atoms with Gasteiger partial charge in [0.25, 0.3) is 27.2 Å². The Morgan fingerprint density at radius 1 is 1.13 bits per heavy atom. The van der Waals surface area contributed by atoms with E-state index in [-0.39, 0.29) is 32.6 Å². The van der Waals surface area contributed by atoms with Crippen molar-refractivity contribution in [1.29, 1.82) is 0 Å². The number of hydrazine groups is 1. The average Bonchev–Trinajstić information content (AvgIpc) is 2.74. The summed E-state index contributed by atoms with van der Waals surface area (Å²) in [5.74, 6) is -0.860. The predicted octanol–water partition coefficient (Wildman–Crippen LogP) is 1.34. The summed E-state index contributed by atoms with van der Waals surface area (Å²) >= 11 is 0. The zero-order valence-corrected chi connectivity index (χ0v) is 16.5. The summed E-state index contributed by atoms with van der Waals surface area (Å²) in [6, 6.07) is 10.5. The van der Waals surface area contributed by atoms with E-state index in [0.717, 1.165) is 28.9 Å². The molecule has 0 unspecified atom stereocenters. The number of carbonyl (C=O) groups excluding carboxylic acids is 1. The fourth-order valence-corrected chi connectivity index (χ4v) is 3.58. The molecule has 0 aliphatic heterocycles. The van der Waals surface area contributed by atoms with Gasteiger partial charge in [0, 0.05) is 24.1 Å². The maximum absolute atomic E-state index is 12.6. The van der Waals surface area contributed by atoms with Crippen molar-refractivity contribution in [3.8, 4) is 0 Å². The van der Waals surface area contributed by atoms with Crippen LogP contribution in [-0.2, 0) is 16.6 Å². The number of aromatic nitrogens is 2. The quantitative estimate of drug-likeness (QED) is 0.423. The van der Waals surface area contributed by atoms with E-state index >= 15 is 0 Å². The maximum Gasteiger partial charge on any atom is 0.287 e. The third-order valence-corrected chi connectivity index (χ3v) is 5.44. The standard InChI is InChI=1S/C18H17N5O6S/c1-2-11-22-18(25)15-6-4-3-5-14(15)16(20-22)17(24)19-21-30(28,29)13-9-7-12(8-10-13)23(26)27/h3-10,21H,2,11H2,1H3,(H,19,24). The highest BCUT2D eigenvalue weighted by Crippen LogP contribution is 2.16. The lowest BCUT2D eigenvalue weighted by Gasteiger charge is -2.11. The van der Waals surface area contributed by atoms with Crippen molar-refractivity contribution >= 4 is 32.4 Å². The molecule has 0 spiro atoms. The van der Waals surface area contributed by atoms with Crippen LogP contribution in [0.25, 0.3) is 10.8 Å². The van der Waals surface area contributed by atoms with Gasteiger partial charge < -0.3 is 0 Å². The minimum absolute atomic E-state index is 0.120. The molecule has 156 valence electrons. The van der Waals surface area contributed by atoms with Crippen LogP contribution in [0, 0.1) is 10.1 Å². The van der Waals surface area contributed by atoms with Gasteiger partial charge in [0.05, 0.1) is 15.2 Å². The number of hydrogen-bond acceptors (Lipinski definition) is 7. The van der Waals surface area contributed by atoms with Gasteiger partial charge in [-0.2, -0.15) is 5.10 Å². The zero-order chi connectivity index (χ0) is 21.9. The molecule has 0 bridgehead atoms. The van der Waals surface area contributed by atoms with Crippen LogP contribution in [0.1, 0.15) is 23.8 Å². The fourth-order valence-electron chi connectivity index (χ4n) is 2.74. The average molecular weight is 431 g/mol. The van der Waals surface area contributed by atoms with Crippen LogP contribution in [0.4, 0.5) is 5.69 Å². The lowest BCUT2D eigenvalue weighted by molar-refractivity contribution is -0.384. The number of rotatable bonds is 7. The summed E-state index contributed by atoms with van der Waals surface area (Å²) < 4.78 is 25.9. The van der Waals surface area contributed by atoms with Crippen LogP contribution in [0.15, 0.2) is 58.2 Å². The van der Waals surface area contributed by atoms with Crippen LogP contribution in [0.5, 0.6) is 0 Å². The highest BCUT2D eigenvalue weighted by atomic mass is 32.2. The lowest BCUT2D eigenvalue weighted by Crippen LogP contribution is -2.42. The first-order chi connectivity index (χ1) is 14.2. The Labute approximate surface area is 170 Å². The monoisotopic (exact) mass is 431 g/mol. The first-order valence-electron chi connectivity index (χ1n) is 8.81. The van der Waals surface area contributed by atoms with Gasteiger partial charge in [-0.1, -0.05) is 25.1 Å². The summed E-state index contributed by atoms with van der Waals surface area (Å²) in [5, 5.41) is 15.3. The summed E-state index contributed by atoms with van der Waals surface area (Å²) in [4.78, 5) is 36.8. The molecule has 2 N–H and O–H groups in total. The van der Waals surface area contributed by atoms with E-state index in [1.807, 2.05) is 11.8 Å². The van der Waals surface area contributed by atoms with Gasteiger partial charge >= 0.3 is 0 Å². The van der Waals surface area contributed by atoms with Crippen molar-refractivity contribution < 1.29 is 18.1 Å². The molecule has 0 fully saturated rings. The van der Waals surface area contributed by atoms with Crippen LogP contribution in [0.3, 0.4) is 0 Å². The number of carbonyl (C=O) groups is 1. The molecular formula is C18H17N5O6S. The number of nitrogens with one attached hydrogen (secondary N) is 2. The maximum atomic E-state index is 12.6. The molecule has 1 aromatic heterocycles. The molecule has 0 saturated heterocycles. The molecule has 0 radical (unpaired) electrons. The Morgan fingerprint density at radius 2 is 1.77 bits per heavy atom. The Bertz CT molecular complexity index is 1280. The molecule has 1 amide bonds. The summed E-state index contributed by atoms with van der Waals surface area (Å²) in [6.07, 6.45) is 0.610. The predicted molar refractivity (Wildman–Crippen MR) is 107 cm³/mol. The Morgan fingerprint density at radius 3 is 2.37 bits per heavy atom. The number of aryl methyl sites for hydroxylation is 1. The number of nitrogens with zero attached hydrogens (tertiary/aromatic N) is 3. The largest absolute Gasteiger partial charge is 0.287 e. The number of sulfonamides is 1. The van der Waals surface area contributed by atoms with E-state index in [1.165, 1.54) is 0 Å². The van der Waals surface area contributed by atoms with Gasteiger partial charge in [0.15, 0.2) is 5.69 Å². The van der Waals surface area contributed by atoms with Gasteiger partial charge in [0.2, 0.25) is 0 Å². The van der Waals surface area contributed by atoms with E-state index in [1.54, 1.807) is 24.3 Å².